The third-order valence-corrected chi connectivity index (χ3v) is 8.48. The minimum absolute atomic E-state index is 0.0624. The number of imide groups is 1. The van der Waals surface area contributed by atoms with Gasteiger partial charge in [0.15, 0.2) is 0 Å². The second-order valence-corrected chi connectivity index (χ2v) is 8.87. The average molecular weight is 469 g/mol. The SMILES string of the molecule is COC1(OC)[C@@]2(Cl)C(Cl)=C(Cl)[C@@]1(Cl)[C@@H]1C(=O)N(Cc3ccc(F)cc3)C(=O)[C@H]12. The number of methoxy groups -OCH3 is 2. The Kier molecular flexibility index (Phi) is 4.59. The molecule has 3 aliphatic rings. The number of likely N-dealkylation sites (tertiary alicyclic amines) is 1. The molecule has 4 rings (SSSR count). The third kappa shape index (κ3) is 2.02. The maximum atomic E-state index is 13.2. The lowest BCUT2D eigenvalue weighted by Crippen LogP contribution is -2.60. The number of carbonyl (C=O) groups excluding carboxylic acids is 2. The fourth-order valence-electron chi connectivity index (χ4n) is 4.69. The van der Waals surface area contributed by atoms with E-state index in [2.05, 4.69) is 0 Å². The first-order valence-electron chi connectivity index (χ1n) is 8.25. The van der Waals surface area contributed by atoms with Crippen molar-refractivity contribution in [1.82, 2.24) is 4.90 Å². The first-order chi connectivity index (χ1) is 13.1. The summed E-state index contributed by atoms with van der Waals surface area (Å²) in [6.45, 7) is -0.0624. The maximum Gasteiger partial charge on any atom is 0.235 e. The zero-order valence-electron chi connectivity index (χ0n) is 14.6. The van der Waals surface area contributed by atoms with E-state index in [1.807, 2.05) is 0 Å². The van der Waals surface area contributed by atoms with Crippen molar-refractivity contribution >= 4 is 58.2 Å². The number of benzene rings is 1. The summed E-state index contributed by atoms with van der Waals surface area (Å²) >= 11 is 26.5. The lowest BCUT2D eigenvalue weighted by molar-refractivity contribution is -0.222. The lowest BCUT2D eigenvalue weighted by atomic mass is 9.84. The average Bonchev–Trinajstić information content (AvgIpc) is 3.08. The summed E-state index contributed by atoms with van der Waals surface area (Å²) in [4.78, 5) is 24.0. The Morgan fingerprint density at radius 2 is 1.39 bits per heavy atom. The number of ether oxygens (including phenoxy) is 2. The van der Waals surface area contributed by atoms with E-state index in [4.69, 9.17) is 55.9 Å². The molecule has 0 radical (unpaired) electrons. The summed E-state index contributed by atoms with van der Waals surface area (Å²) in [6.07, 6.45) is 0. The zero-order valence-corrected chi connectivity index (χ0v) is 17.7. The van der Waals surface area contributed by atoms with E-state index < -0.39 is 45.0 Å². The highest BCUT2D eigenvalue weighted by Crippen LogP contribution is 2.75. The standard InChI is InChI=1S/C18H14Cl4FNO4/c1-27-18(28-2)16(21)10-11(17(18,22)13(20)12(16)19)15(26)24(14(10)25)7-8-3-5-9(23)6-4-8/h3-6,10-11H,7H2,1-2H3/t10-,11-,16-,17-/m0/s1. The summed E-state index contributed by atoms with van der Waals surface area (Å²) < 4.78 is 24.2. The number of rotatable bonds is 4. The number of halogens is 5. The highest BCUT2D eigenvalue weighted by atomic mass is 35.5. The van der Waals surface area contributed by atoms with E-state index >= 15 is 0 Å². The summed E-state index contributed by atoms with van der Waals surface area (Å²) in [7, 11) is 2.59. The van der Waals surface area contributed by atoms with Crippen LogP contribution in [-0.2, 0) is 25.6 Å². The number of hydrogen-bond donors (Lipinski definition) is 0. The van der Waals surface area contributed by atoms with Crippen LogP contribution in [0.15, 0.2) is 34.3 Å². The van der Waals surface area contributed by atoms with Crippen LogP contribution >= 0.6 is 46.4 Å². The Morgan fingerprint density at radius 3 is 1.79 bits per heavy atom. The van der Waals surface area contributed by atoms with Gasteiger partial charge in [0.05, 0.1) is 28.4 Å². The molecule has 10 heteroatoms. The molecule has 2 aliphatic carbocycles. The molecular weight excluding hydrogens is 455 g/mol. The van der Waals surface area contributed by atoms with Gasteiger partial charge in [-0.2, -0.15) is 0 Å². The molecule has 150 valence electrons. The van der Waals surface area contributed by atoms with Gasteiger partial charge in [-0.15, -0.1) is 23.2 Å². The van der Waals surface area contributed by atoms with E-state index in [1.54, 1.807) is 0 Å². The second-order valence-electron chi connectivity index (χ2n) is 6.92. The van der Waals surface area contributed by atoms with Crippen molar-refractivity contribution in [1.29, 1.82) is 0 Å². The first kappa shape index (κ1) is 20.4. The van der Waals surface area contributed by atoms with E-state index in [0.29, 0.717) is 5.56 Å². The van der Waals surface area contributed by atoms with Gasteiger partial charge < -0.3 is 9.47 Å². The molecule has 1 saturated carbocycles. The second kappa shape index (κ2) is 6.30. The summed E-state index contributed by atoms with van der Waals surface area (Å²) in [5, 5.41) is -0.166. The summed E-state index contributed by atoms with van der Waals surface area (Å²) in [5.41, 5.74) is 0.567. The van der Waals surface area contributed by atoms with Crippen LogP contribution in [0.5, 0.6) is 0 Å². The van der Waals surface area contributed by atoms with E-state index in [-0.39, 0.29) is 16.6 Å². The fourth-order valence-corrected chi connectivity index (χ4v) is 6.85. The molecule has 2 amide bonds. The van der Waals surface area contributed by atoms with Crippen molar-refractivity contribution in [3.05, 3.63) is 45.7 Å². The predicted molar refractivity (Wildman–Crippen MR) is 102 cm³/mol. The minimum atomic E-state index is -1.81. The van der Waals surface area contributed by atoms with Crippen molar-refractivity contribution in [2.24, 2.45) is 11.8 Å². The highest BCUT2D eigenvalue weighted by Gasteiger charge is 2.89. The number of alkyl halides is 2. The van der Waals surface area contributed by atoms with Gasteiger partial charge in [-0.1, -0.05) is 35.3 Å². The molecule has 5 nitrogen and oxygen atoms in total. The summed E-state index contributed by atoms with van der Waals surface area (Å²) in [5.74, 6) is -5.64. The predicted octanol–water partition coefficient (Wildman–Crippen LogP) is 3.59. The van der Waals surface area contributed by atoms with Crippen molar-refractivity contribution in [3.63, 3.8) is 0 Å². The normalized spacial score (nSPS) is 35.9. The van der Waals surface area contributed by atoms with E-state index in [1.165, 1.54) is 38.5 Å². The maximum absolute atomic E-state index is 13.2. The van der Waals surface area contributed by atoms with Crippen LogP contribution in [0.2, 0.25) is 0 Å². The molecule has 2 fully saturated rings. The molecule has 1 aromatic rings. The number of nitrogens with zero attached hydrogens (tertiary/aromatic N) is 1. The molecule has 0 spiro atoms. The van der Waals surface area contributed by atoms with Crippen LogP contribution in [0.3, 0.4) is 0 Å². The Hall–Kier alpha value is -0.890. The van der Waals surface area contributed by atoms with Gasteiger partial charge in [0.25, 0.3) is 0 Å². The summed E-state index contributed by atoms with van der Waals surface area (Å²) in [6, 6.07) is 5.46. The van der Waals surface area contributed by atoms with Gasteiger partial charge in [-0.3, -0.25) is 14.5 Å². The molecule has 0 aromatic heterocycles. The molecule has 1 aromatic carbocycles. The molecule has 4 atom stereocenters. The molecule has 1 aliphatic heterocycles. The van der Waals surface area contributed by atoms with Gasteiger partial charge >= 0.3 is 0 Å². The first-order valence-corrected chi connectivity index (χ1v) is 9.77. The van der Waals surface area contributed by atoms with Gasteiger partial charge in [0, 0.05) is 14.2 Å². The van der Waals surface area contributed by atoms with Crippen LogP contribution in [0.4, 0.5) is 4.39 Å². The Bertz CT molecular complexity index is 873. The molecule has 28 heavy (non-hydrogen) atoms. The van der Waals surface area contributed by atoms with Crippen LogP contribution in [0.1, 0.15) is 5.56 Å². The largest absolute Gasteiger partial charge is 0.350 e. The highest BCUT2D eigenvalue weighted by molar-refractivity contribution is 6.53. The monoisotopic (exact) mass is 467 g/mol. The van der Waals surface area contributed by atoms with Gasteiger partial charge in [-0.25, -0.2) is 4.39 Å². The molecule has 1 saturated heterocycles. The van der Waals surface area contributed by atoms with Crippen molar-refractivity contribution in [2.75, 3.05) is 14.2 Å². The smallest absolute Gasteiger partial charge is 0.235 e. The quantitative estimate of drug-likeness (QED) is 0.385. The molecule has 1 heterocycles. The Balaban J connectivity index is 1.81. The lowest BCUT2D eigenvalue weighted by Gasteiger charge is -2.42. The van der Waals surface area contributed by atoms with Gasteiger partial charge in [0.1, 0.15) is 15.6 Å². The minimum Gasteiger partial charge on any atom is -0.350 e. The van der Waals surface area contributed by atoms with Crippen molar-refractivity contribution in [3.8, 4) is 0 Å². The van der Waals surface area contributed by atoms with E-state index in [9.17, 15) is 14.0 Å². The number of fused-ring (bicyclic) bond motifs is 5. The molecule has 2 bridgehead atoms. The van der Waals surface area contributed by atoms with Crippen molar-refractivity contribution < 1.29 is 23.5 Å². The van der Waals surface area contributed by atoms with E-state index in [0.717, 1.165) is 4.90 Å². The fraction of sp³-hybridized carbons (Fsp3) is 0.444. The van der Waals surface area contributed by atoms with Gasteiger partial charge in [-0.05, 0) is 17.7 Å². The van der Waals surface area contributed by atoms with Crippen LogP contribution in [-0.4, -0.2) is 46.5 Å². The zero-order chi connectivity index (χ0) is 20.6. The van der Waals surface area contributed by atoms with Crippen LogP contribution < -0.4 is 0 Å². The Morgan fingerprint density at radius 1 is 0.964 bits per heavy atom. The number of carbonyl (C=O) groups is 2. The van der Waals surface area contributed by atoms with Crippen molar-refractivity contribution in [2.45, 2.75) is 22.1 Å². The van der Waals surface area contributed by atoms with Gasteiger partial charge in [0.2, 0.25) is 17.6 Å². The topological polar surface area (TPSA) is 55.8 Å². The number of amides is 2. The van der Waals surface area contributed by atoms with Crippen LogP contribution in [0.25, 0.3) is 0 Å². The molecule has 0 unspecified atom stereocenters. The Labute approximate surface area is 180 Å². The molecule has 0 N–H and O–H groups in total. The number of hydrogen-bond acceptors (Lipinski definition) is 4. The van der Waals surface area contributed by atoms with Crippen LogP contribution in [0, 0.1) is 17.7 Å². The molecular formula is C18H14Cl4FNO4. The third-order valence-electron chi connectivity index (χ3n) is 5.87.